The van der Waals surface area contributed by atoms with Gasteiger partial charge in [0.15, 0.2) is 17.3 Å². The number of ether oxygens (including phenoxy) is 3. The number of benzene rings is 4. The number of thioether (sulfide) groups is 1. The number of H-pyrrole nitrogens is 1. The third-order valence-electron chi connectivity index (χ3n) is 6.19. The minimum absolute atomic E-state index is 0.527. The van der Waals surface area contributed by atoms with Crippen molar-refractivity contribution in [2.45, 2.75) is 9.90 Å². The van der Waals surface area contributed by atoms with Crippen LogP contribution in [0, 0.1) is 0 Å². The molecule has 0 saturated carbocycles. The fourth-order valence-corrected chi connectivity index (χ4v) is 5.74. The maximum absolute atomic E-state index is 5.53. The number of aromatic amines is 1. The van der Waals surface area contributed by atoms with Gasteiger partial charge in [-0.25, -0.2) is 4.98 Å². The Morgan fingerprint density at radius 3 is 1.51 bits per heavy atom. The fourth-order valence-electron chi connectivity index (χ4n) is 4.47. The molecule has 0 unspecified atom stereocenters. The molecule has 0 atom stereocenters. The Balaban J connectivity index is 1.64. The number of hydrogen-bond donors (Lipinski definition) is 1. The molecule has 4 aromatic carbocycles. The van der Waals surface area contributed by atoms with Crippen molar-refractivity contribution in [2.24, 2.45) is 0 Å². The van der Waals surface area contributed by atoms with E-state index in [4.69, 9.17) is 19.2 Å². The molecule has 0 fully saturated rings. The van der Waals surface area contributed by atoms with Crippen molar-refractivity contribution in [2.75, 3.05) is 21.3 Å². The lowest BCUT2D eigenvalue weighted by Gasteiger charge is -2.34. The minimum Gasteiger partial charge on any atom is -0.493 e. The number of nitrogens with one attached hydrogen (secondary N) is 1. The fraction of sp³-hybridized carbons (Fsp3) is 0.133. The van der Waals surface area contributed by atoms with Gasteiger partial charge in [-0.2, -0.15) is 0 Å². The van der Waals surface area contributed by atoms with Gasteiger partial charge in [0, 0.05) is 5.56 Å². The van der Waals surface area contributed by atoms with E-state index in [9.17, 15) is 0 Å². The van der Waals surface area contributed by atoms with E-state index in [0.29, 0.717) is 28.2 Å². The lowest BCUT2D eigenvalue weighted by atomic mass is 9.84. The first-order chi connectivity index (χ1) is 18.2. The predicted molar refractivity (Wildman–Crippen MR) is 147 cm³/mol. The Morgan fingerprint density at radius 1 is 0.649 bits per heavy atom. The van der Waals surface area contributed by atoms with Crippen LogP contribution in [0.4, 0.5) is 0 Å². The van der Waals surface area contributed by atoms with Crippen LogP contribution < -0.4 is 14.2 Å². The summed E-state index contributed by atoms with van der Waals surface area (Å²) in [5, 5.41) is 8.34. The summed E-state index contributed by atoms with van der Waals surface area (Å²) in [6.07, 6.45) is 0. The molecule has 1 aromatic heterocycles. The second-order valence-electron chi connectivity index (χ2n) is 8.26. The van der Waals surface area contributed by atoms with Gasteiger partial charge in [0.2, 0.25) is 10.9 Å². The largest absolute Gasteiger partial charge is 0.493 e. The topological polar surface area (TPSA) is 69.3 Å². The summed E-state index contributed by atoms with van der Waals surface area (Å²) in [6, 6.07) is 35.1. The number of nitrogens with zero attached hydrogens (tertiary/aromatic N) is 2. The highest BCUT2D eigenvalue weighted by Gasteiger charge is 2.39. The summed E-state index contributed by atoms with van der Waals surface area (Å²) in [4.78, 5) is 4.89. The highest BCUT2D eigenvalue weighted by molar-refractivity contribution is 8.00. The van der Waals surface area contributed by atoms with E-state index in [2.05, 4.69) is 83.0 Å². The summed E-state index contributed by atoms with van der Waals surface area (Å²) >= 11 is 1.60. The van der Waals surface area contributed by atoms with Gasteiger partial charge >= 0.3 is 0 Å². The maximum Gasteiger partial charge on any atom is 0.210 e. The van der Waals surface area contributed by atoms with Crippen LogP contribution in [-0.4, -0.2) is 36.5 Å². The molecule has 5 rings (SSSR count). The van der Waals surface area contributed by atoms with Crippen molar-refractivity contribution in [1.82, 2.24) is 15.2 Å². The van der Waals surface area contributed by atoms with Crippen molar-refractivity contribution >= 4 is 11.8 Å². The molecule has 7 heteroatoms. The van der Waals surface area contributed by atoms with Crippen molar-refractivity contribution in [3.63, 3.8) is 0 Å². The minimum atomic E-state index is -0.571. The summed E-state index contributed by atoms with van der Waals surface area (Å²) in [5.41, 5.74) is 4.18. The Kier molecular flexibility index (Phi) is 7.14. The van der Waals surface area contributed by atoms with Crippen molar-refractivity contribution < 1.29 is 14.2 Å². The van der Waals surface area contributed by atoms with Gasteiger partial charge in [-0.1, -0.05) is 103 Å². The van der Waals surface area contributed by atoms with Crippen LogP contribution >= 0.6 is 11.8 Å². The monoisotopic (exact) mass is 509 g/mol. The molecule has 0 bridgehead atoms. The van der Waals surface area contributed by atoms with E-state index in [1.165, 1.54) is 0 Å². The molecule has 0 saturated heterocycles. The molecule has 6 nitrogen and oxygen atoms in total. The van der Waals surface area contributed by atoms with Gasteiger partial charge in [-0.05, 0) is 28.8 Å². The first kappa shape index (κ1) is 24.5. The smallest absolute Gasteiger partial charge is 0.210 e. The van der Waals surface area contributed by atoms with Crippen molar-refractivity contribution in [1.29, 1.82) is 0 Å². The lowest BCUT2D eigenvalue weighted by molar-refractivity contribution is 0.324. The van der Waals surface area contributed by atoms with E-state index in [-0.39, 0.29) is 0 Å². The average molecular weight is 510 g/mol. The lowest BCUT2D eigenvalue weighted by Crippen LogP contribution is -2.25. The van der Waals surface area contributed by atoms with Gasteiger partial charge in [0.05, 0.1) is 26.1 Å². The third kappa shape index (κ3) is 4.66. The second-order valence-corrected chi connectivity index (χ2v) is 9.44. The zero-order valence-corrected chi connectivity index (χ0v) is 21.7. The highest BCUT2D eigenvalue weighted by Crippen LogP contribution is 2.51. The molecule has 186 valence electrons. The molecule has 0 amide bonds. The van der Waals surface area contributed by atoms with Gasteiger partial charge in [-0.3, -0.25) is 5.10 Å². The molecule has 0 aliphatic carbocycles. The Morgan fingerprint density at radius 2 is 1.11 bits per heavy atom. The summed E-state index contributed by atoms with van der Waals surface area (Å²) in [5.74, 6) is 2.23. The summed E-state index contributed by atoms with van der Waals surface area (Å²) < 4.78 is 16.0. The Hall–Kier alpha value is -4.23. The van der Waals surface area contributed by atoms with E-state index in [0.717, 1.165) is 22.3 Å². The molecule has 1 heterocycles. The first-order valence-corrected chi connectivity index (χ1v) is 12.6. The Labute approximate surface area is 220 Å². The second kappa shape index (κ2) is 10.8. The number of methoxy groups -OCH3 is 3. The van der Waals surface area contributed by atoms with Crippen LogP contribution in [0.1, 0.15) is 16.7 Å². The number of aromatic nitrogens is 3. The van der Waals surface area contributed by atoms with Crippen molar-refractivity contribution in [3.05, 3.63) is 120 Å². The zero-order chi connectivity index (χ0) is 25.7. The molecular weight excluding hydrogens is 482 g/mol. The van der Waals surface area contributed by atoms with Crippen LogP contribution in [0.2, 0.25) is 0 Å². The normalized spacial score (nSPS) is 11.2. The van der Waals surface area contributed by atoms with Crippen molar-refractivity contribution in [3.8, 4) is 28.6 Å². The van der Waals surface area contributed by atoms with Crippen LogP contribution in [0.15, 0.2) is 108 Å². The van der Waals surface area contributed by atoms with Gasteiger partial charge in [-0.15, -0.1) is 5.10 Å². The maximum atomic E-state index is 5.53. The van der Waals surface area contributed by atoms with Crippen LogP contribution in [-0.2, 0) is 4.75 Å². The quantitative estimate of drug-likeness (QED) is 0.179. The Bertz CT molecular complexity index is 1340. The zero-order valence-electron chi connectivity index (χ0n) is 20.8. The molecule has 0 aliphatic rings. The third-order valence-corrected chi connectivity index (χ3v) is 7.57. The average Bonchev–Trinajstić information content (AvgIpc) is 3.45. The van der Waals surface area contributed by atoms with E-state index < -0.39 is 4.75 Å². The van der Waals surface area contributed by atoms with Gasteiger partial charge in [0.1, 0.15) is 0 Å². The SMILES string of the molecule is COc1cc(-c2nc(SC(c3ccccc3)(c3ccccc3)c3ccccc3)n[nH]2)cc(OC)c1OC. The van der Waals surface area contributed by atoms with Gasteiger partial charge < -0.3 is 14.2 Å². The predicted octanol–water partition coefficient (Wildman–Crippen LogP) is 6.58. The van der Waals surface area contributed by atoms with Gasteiger partial charge in [0.25, 0.3) is 0 Å². The highest BCUT2D eigenvalue weighted by atomic mass is 32.2. The molecule has 0 spiro atoms. The number of rotatable bonds is 9. The van der Waals surface area contributed by atoms with E-state index >= 15 is 0 Å². The van der Waals surface area contributed by atoms with Crippen LogP contribution in [0.25, 0.3) is 11.4 Å². The van der Waals surface area contributed by atoms with Crippen LogP contribution in [0.3, 0.4) is 0 Å². The first-order valence-electron chi connectivity index (χ1n) is 11.8. The van der Waals surface area contributed by atoms with Crippen LogP contribution in [0.5, 0.6) is 17.2 Å². The molecule has 0 radical (unpaired) electrons. The summed E-state index contributed by atoms with van der Waals surface area (Å²) in [6.45, 7) is 0. The molecule has 5 aromatic rings. The van der Waals surface area contributed by atoms with E-state index in [1.807, 2.05) is 30.3 Å². The molecular formula is C30H27N3O3S. The standard InChI is InChI=1S/C30H27N3O3S/c1-34-25-19-21(20-26(35-2)27(25)36-3)28-31-29(33-32-28)37-30(22-13-7-4-8-14-22,23-15-9-5-10-16-23)24-17-11-6-12-18-24/h4-20H,1-3H3,(H,31,32,33). The molecule has 0 aliphatic heterocycles. The molecule has 37 heavy (non-hydrogen) atoms. The number of hydrogen-bond acceptors (Lipinski definition) is 6. The molecule has 1 N–H and O–H groups in total. The summed E-state index contributed by atoms with van der Waals surface area (Å²) in [7, 11) is 4.77. The van der Waals surface area contributed by atoms with E-state index in [1.54, 1.807) is 33.1 Å².